The van der Waals surface area contributed by atoms with Crippen LogP contribution in [-0.4, -0.2) is 76.2 Å². The average molecular weight is 464 g/mol. The second-order valence-electron chi connectivity index (χ2n) is 4.65. The van der Waals surface area contributed by atoms with Gasteiger partial charge in [0.05, 0.1) is 5.16 Å². The van der Waals surface area contributed by atoms with E-state index in [0.29, 0.717) is 6.42 Å². The van der Waals surface area contributed by atoms with Gasteiger partial charge in [0.2, 0.25) is 0 Å². The van der Waals surface area contributed by atoms with Gasteiger partial charge in [0.1, 0.15) is 58.6 Å². The monoisotopic (exact) mass is 463 g/mol. The molecule has 0 aromatic heterocycles. The van der Waals surface area contributed by atoms with E-state index in [1.54, 1.807) is 0 Å². The zero-order chi connectivity index (χ0) is 17.8. The van der Waals surface area contributed by atoms with Crippen molar-refractivity contribution >= 4 is 76.2 Å². The largest absolute Gasteiger partial charge is 0.476 e. The molecule has 0 fully saturated rings. The van der Waals surface area contributed by atoms with Gasteiger partial charge < -0.3 is 24.7 Å². The van der Waals surface area contributed by atoms with Gasteiger partial charge in [0.25, 0.3) is 0 Å². The van der Waals surface area contributed by atoms with E-state index in [4.69, 9.17) is 24.7 Å². The molecule has 0 aliphatic rings. The minimum atomic E-state index is -2.80. The standard InChI is InChI=1S/C9H35O6Si8/c1-8-9(22(10-16-2,11-17-3)12-18-4)23(13-19-5,14-20-6)15-21-7/h9H,1,8,16-21H2,2-7H3. The Balaban J connectivity index is 5.91. The Bertz CT molecular complexity index is 241. The lowest BCUT2D eigenvalue weighted by molar-refractivity contribution is 0.227. The molecule has 0 N–H and O–H groups in total. The van der Waals surface area contributed by atoms with Crippen LogP contribution in [0.2, 0.25) is 44.4 Å². The molecule has 0 aliphatic heterocycles. The molecule has 0 spiro atoms. The van der Waals surface area contributed by atoms with Crippen LogP contribution in [0.25, 0.3) is 0 Å². The summed E-state index contributed by atoms with van der Waals surface area (Å²) in [7, 11) is -9.58. The smallest absolute Gasteiger partial charge is 0.422 e. The van der Waals surface area contributed by atoms with E-state index in [0.717, 1.165) is 0 Å². The highest BCUT2D eigenvalue weighted by Gasteiger charge is 2.62. The highest BCUT2D eigenvalue weighted by molar-refractivity contribution is 6.90. The van der Waals surface area contributed by atoms with Crippen molar-refractivity contribution in [3.63, 3.8) is 0 Å². The summed E-state index contributed by atoms with van der Waals surface area (Å²) in [4.78, 5) is 0. The van der Waals surface area contributed by atoms with Crippen molar-refractivity contribution in [2.24, 2.45) is 0 Å². The summed E-state index contributed by atoms with van der Waals surface area (Å²) in [5.74, 6) is 0. The predicted octanol–water partition coefficient (Wildman–Crippen LogP) is -2.11. The van der Waals surface area contributed by atoms with Gasteiger partial charge in [-0.3, -0.25) is 0 Å². The van der Waals surface area contributed by atoms with Crippen LogP contribution in [0.15, 0.2) is 0 Å². The molecular weight excluding hydrogens is 429 g/mol. The fourth-order valence-electron chi connectivity index (χ4n) is 2.63. The molecule has 1 radical (unpaired) electrons. The summed E-state index contributed by atoms with van der Waals surface area (Å²) in [5.41, 5.74) is 0. The van der Waals surface area contributed by atoms with Gasteiger partial charge in [-0.05, 0) is 6.42 Å². The van der Waals surface area contributed by atoms with E-state index in [2.05, 4.69) is 46.2 Å². The first-order valence-corrected chi connectivity index (χ1v) is 24.2. The minimum Gasteiger partial charge on any atom is -0.422 e. The van der Waals surface area contributed by atoms with Crippen LogP contribution < -0.4 is 0 Å². The third-order valence-corrected chi connectivity index (χ3v) is 24.2. The summed E-state index contributed by atoms with van der Waals surface area (Å²) in [6.07, 6.45) is 0.646. The quantitative estimate of drug-likeness (QED) is 0.259. The molecule has 6 nitrogen and oxygen atoms in total. The molecule has 0 saturated carbocycles. The van der Waals surface area contributed by atoms with Gasteiger partial charge in [0, 0.05) is 0 Å². The lowest BCUT2D eigenvalue weighted by Crippen LogP contribution is -2.65. The lowest BCUT2D eigenvalue weighted by Gasteiger charge is -2.44. The summed E-state index contributed by atoms with van der Waals surface area (Å²) in [6.45, 7) is 17.0. The molecule has 0 aromatic carbocycles. The number of hydrogen-bond donors (Lipinski definition) is 0. The third kappa shape index (κ3) is 6.96. The first kappa shape index (κ1) is 24.5. The minimum absolute atomic E-state index is 0.0327. The van der Waals surface area contributed by atoms with Crippen LogP contribution in [0.3, 0.4) is 0 Å². The molecule has 0 aromatic rings. The first-order valence-electron chi connectivity index (χ1n) is 8.69. The van der Waals surface area contributed by atoms with Crippen molar-refractivity contribution in [1.82, 2.24) is 0 Å². The van der Waals surface area contributed by atoms with Crippen LogP contribution in [0.4, 0.5) is 0 Å². The maximum atomic E-state index is 6.31. The zero-order valence-electron chi connectivity index (χ0n) is 15.7. The lowest BCUT2D eigenvalue weighted by atomic mass is 10.6. The Morgan fingerprint density at radius 3 is 0.957 bits per heavy atom. The number of hydrogen-bond acceptors (Lipinski definition) is 6. The SMILES string of the molecule is [CH2]CC([Si](O[SiH2]C)(O[SiH2]C)O[SiH2]C)[Si](O[SiH2]C)(O[SiH2]C)O[SiH2]C. The molecule has 23 heavy (non-hydrogen) atoms. The van der Waals surface area contributed by atoms with E-state index >= 15 is 0 Å². The third-order valence-electron chi connectivity index (χ3n) is 3.22. The van der Waals surface area contributed by atoms with Crippen molar-refractivity contribution < 1.29 is 24.7 Å². The fraction of sp³-hybridized carbons (Fsp3) is 0.889. The highest BCUT2D eigenvalue weighted by atomic mass is 28.5. The molecule has 0 aliphatic carbocycles. The summed E-state index contributed by atoms with van der Waals surface area (Å²) < 4.78 is 37.9. The summed E-state index contributed by atoms with van der Waals surface area (Å²) >= 11 is 0. The van der Waals surface area contributed by atoms with Gasteiger partial charge in [-0.1, -0.05) is 46.2 Å². The van der Waals surface area contributed by atoms with Crippen LogP contribution >= 0.6 is 0 Å². The Hall–Kier alpha value is 1.50. The Morgan fingerprint density at radius 1 is 0.609 bits per heavy atom. The van der Waals surface area contributed by atoms with Crippen LogP contribution in [0.5, 0.6) is 0 Å². The summed E-state index contributed by atoms with van der Waals surface area (Å²) in [5, 5.41) is -0.0327. The van der Waals surface area contributed by atoms with E-state index in [1.165, 1.54) is 0 Å². The normalized spacial score (nSPS) is 21.5. The average Bonchev–Trinajstić information content (AvgIpc) is 2.49. The van der Waals surface area contributed by atoms with E-state index in [-0.39, 0.29) is 5.16 Å². The van der Waals surface area contributed by atoms with Crippen molar-refractivity contribution in [1.29, 1.82) is 0 Å². The molecule has 14 heteroatoms. The molecule has 0 unspecified atom stereocenters. The van der Waals surface area contributed by atoms with Crippen LogP contribution in [0.1, 0.15) is 6.42 Å². The first-order chi connectivity index (χ1) is 11.1. The highest BCUT2D eigenvalue weighted by Crippen LogP contribution is 2.38. The van der Waals surface area contributed by atoms with Crippen LogP contribution in [0, 0.1) is 6.92 Å². The van der Waals surface area contributed by atoms with Gasteiger partial charge in [-0.25, -0.2) is 0 Å². The molecule has 0 atom stereocenters. The maximum Gasteiger partial charge on any atom is 0.476 e. The second kappa shape index (κ2) is 13.7. The van der Waals surface area contributed by atoms with E-state index in [9.17, 15) is 0 Å². The molecule has 0 bridgehead atoms. The van der Waals surface area contributed by atoms with Gasteiger partial charge in [-0.2, -0.15) is 0 Å². The molecule has 0 rings (SSSR count). The maximum absolute atomic E-state index is 6.31. The topological polar surface area (TPSA) is 55.4 Å². The van der Waals surface area contributed by atoms with Crippen LogP contribution in [-0.2, 0) is 24.7 Å². The van der Waals surface area contributed by atoms with Crippen molar-refractivity contribution in [3.05, 3.63) is 6.92 Å². The zero-order valence-corrected chi connectivity index (χ0v) is 26.2. The van der Waals surface area contributed by atoms with Gasteiger partial charge in [0.15, 0.2) is 0 Å². The Kier molecular flexibility index (Phi) is 14.6. The predicted molar refractivity (Wildman–Crippen MR) is 118 cm³/mol. The molecule has 0 saturated heterocycles. The van der Waals surface area contributed by atoms with Gasteiger partial charge >= 0.3 is 17.6 Å². The molecule has 139 valence electrons. The summed E-state index contributed by atoms with van der Waals surface area (Å²) in [6, 6.07) is 0. The molecule has 0 heterocycles. The molecule has 0 amide bonds. The number of rotatable bonds is 15. The molecular formula is C9H35O6Si8. The Labute approximate surface area is 158 Å². The van der Waals surface area contributed by atoms with Gasteiger partial charge in [-0.15, -0.1) is 0 Å². The van der Waals surface area contributed by atoms with Crippen molar-refractivity contribution in [3.8, 4) is 0 Å². The Morgan fingerprint density at radius 2 is 0.826 bits per heavy atom. The van der Waals surface area contributed by atoms with E-state index < -0.39 is 76.2 Å². The van der Waals surface area contributed by atoms with E-state index in [1.807, 2.05) is 0 Å². The second-order valence-corrected chi connectivity index (χ2v) is 19.4. The van der Waals surface area contributed by atoms with Crippen molar-refractivity contribution in [2.75, 3.05) is 0 Å². The fourth-order valence-corrected chi connectivity index (χ4v) is 30.6. The van der Waals surface area contributed by atoms with Crippen molar-refractivity contribution in [2.45, 2.75) is 50.9 Å².